The number of esters is 1. The van der Waals surface area contributed by atoms with Crippen LogP contribution in [0.15, 0.2) is 39.3 Å². The third-order valence-electron chi connectivity index (χ3n) is 2.30. The van der Waals surface area contributed by atoms with Gasteiger partial charge in [0.05, 0.1) is 12.7 Å². The average Bonchev–Trinajstić information content (AvgIpc) is 2.29. The normalized spacial score (nSPS) is 10.4. The van der Waals surface area contributed by atoms with Crippen LogP contribution in [-0.4, -0.2) is 13.1 Å². The fraction of sp³-hybridized carbons (Fsp3) is 0.0833. The van der Waals surface area contributed by atoms with Gasteiger partial charge >= 0.3 is 5.97 Å². The summed E-state index contributed by atoms with van der Waals surface area (Å²) in [5, 5.41) is 2.07. The smallest absolute Gasteiger partial charge is 0.337 e. The highest BCUT2D eigenvalue weighted by atomic mass is 79.9. The minimum atomic E-state index is -0.319. The Labute approximate surface area is 110 Å². The predicted molar refractivity (Wildman–Crippen MR) is 70.7 cm³/mol. The molecule has 0 unspecified atom stereocenters. The van der Waals surface area contributed by atoms with E-state index >= 15 is 0 Å². The molecule has 16 heavy (non-hydrogen) atoms. The van der Waals surface area contributed by atoms with Crippen molar-refractivity contribution >= 4 is 48.6 Å². The second-order valence-corrected chi connectivity index (χ2v) is 5.03. The molecule has 0 N–H and O–H groups in total. The SMILES string of the molecule is COC(=O)c1ccc2cc(Br)c(Br)cc2c1. The van der Waals surface area contributed by atoms with Crippen LogP contribution in [0.5, 0.6) is 0 Å². The molecule has 0 atom stereocenters. The van der Waals surface area contributed by atoms with E-state index in [1.165, 1.54) is 7.11 Å². The highest BCUT2D eigenvalue weighted by molar-refractivity contribution is 9.13. The molecule has 0 aliphatic rings. The molecule has 0 bridgehead atoms. The van der Waals surface area contributed by atoms with Gasteiger partial charge in [-0.2, -0.15) is 0 Å². The largest absolute Gasteiger partial charge is 0.465 e. The number of halogens is 2. The number of fused-ring (bicyclic) bond motifs is 1. The molecule has 0 aliphatic carbocycles. The lowest BCUT2D eigenvalue weighted by molar-refractivity contribution is 0.0601. The van der Waals surface area contributed by atoms with Crippen LogP contribution >= 0.6 is 31.9 Å². The third kappa shape index (κ3) is 2.13. The van der Waals surface area contributed by atoms with Gasteiger partial charge in [-0.25, -0.2) is 4.79 Å². The summed E-state index contributed by atoms with van der Waals surface area (Å²) in [5.41, 5.74) is 0.559. The maximum Gasteiger partial charge on any atom is 0.337 e. The standard InChI is InChI=1S/C12H8Br2O2/c1-16-12(15)8-3-2-7-5-10(13)11(14)6-9(7)4-8/h2-6H,1H3. The van der Waals surface area contributed by atoms with Crippen molar-refractivity contribution in [1.29, 1.82) is 0 Å². The van der Waals surface area contributed by atoms with Crippen molar-refractivity contribution in [3.8, 4) is 0 Å². The summed E-state index contributed by atoms with van der Waals surface area (Å²) < 4.78 is 6.63. The minimum absolute atomic E-state index is 0.319. The maximum absolute atomic E-state index is 11.4. The van der Waals surface area contributed by atoms with Crippen LogP contribution in [0.4, 0.5) is 0 Å². The first kappa shape index (κ1) is 11.6. The van der Waals surface area contributed by atoms with Crippen molar-refractivity contribution in [2.75, 3.05) is 7.11 Å². The molecule has 0 aliphatic heterocycles. The molecular formula is C12H8Br2O2. The van der Waals surface area contributed by atoms with E-state index in [1.54, 1.807) is 6.07 Å². The number of methoxy groups -OCH3 is 1. The average molecular weight is 344 g/mol. The third-order valence-corrected chi connectivity index (χ3v) is 4.14. The van der Waals surface area contributed by atoms with Crippen LogP contribution in [0.3, 0.4) is 0 Å². The topological polar surface area (TPSA) is 26.3 Å². The summed E-state index contributed by atoms with van der Waals surface area (Å²) in [6, 6.07) is 9.44. The molecule has 0 heterocycles. The second kappa shape index (κ2) is 4.55. The Balaban J connectivity index is 2.62. The molecule has 0 fully saturated rings. The van der Waals surface area contributed by atoms with Crippen molar-refractivity contribution < 1.29 is 9.53 Å². The van der Waals surface area contributed by atoms with Gasteiger partial charge in [0, 0.05) is 8.95 Å². The first-order valence-corrected chi connectivity index (χ1v) is 6.17. The Kier molecular flexibility index (Phi) is 3.30. The molecule has 0 saturated carbocycles. The van der Waals surface area contributed by atoms with E-state index in [9.17, 15) is 4.79 Å². The van der Waals surface area contributed by atoms with Crippen molar-refractivity contribution in [3.63, 3.8) is 0 Å². The lowest BCUT2D eigenvalue weighted by atomic mass is 10.1. The molecule has 0 saturated heterocycles. The number of carbonyl (C=O) groups excluding carboxylic acids is 1. The summed E-state index contributed by atoms with van der Waals surface area (Å²) in [6.07, 6.45) is 0. The summed E-state index contributed by atoms with van der Waals surface area (Å²) in [5.74, 6) is -0.319. The van der Waals surface area contributed by atoms with E-state index < -0.39 is 0 Å². The summed E-state index contributed by atoms with van der Waals surface area (Å²) in [4.78, 5) is 11.4. The van der Waals surface area contributed by atoms with E-state index in [4.69, 9.17) is 0 Å². The van der Waals surface area contributed by atoms with Gasteiger partial charge < -0.3 is 4.74 Å². The van der Waals surface area contributed by atoms with Crippen LogP contribution in [0, 0.1) is 0 Å². The first-order chi connectivity index (χ1) is 7.61. The Morgan fingerprint density at radius 1 is 1.06 bits per heavy atom. The number of rotatable bonds is 1. The van der Waals surface area contributed by atoms with Crippen molar-refractivity contribution in [2.24, 2.45) is 0 Å². The molecule has 2 rings (SSSR count). The number of ether oxygens (including phenoxy) is 1. The molecule has 2 aromatic carbocycles. The summed E-state index contributed by atoms with van der Waals surface area (Å²) in [6.45, 7) is 0. The van der Waals surface area contributed by atoms with E-state index in [0.717, 1.165) is 19.7 Å². The highest BCUT2D eigenvalue weighted by Crippen LogP contribution is 2.29. The lowest BCUT2D eigenvalue weighted by Gasteiger charge is -2.04. The molecule has 0 amide bonds. The highest BCUT2D eigenvalue weighted by Gasteiger charge is 2.07. The molecule has 82 valence electrons. The molecule has 4 heteroatoms. The van der Waals surface area contributed by atoms with Gasteiger partial charge in [0.15, 0.2) is 0 Å². The molecule has 0 spiro atoms. The minimum Gasteiger partial charge on any atom is -0.465 e. The zero-order valence-electron chi connectivity index (χ0n) is 8.46. The van der Waals surface area contributed by atoms with Crippen molar-refractivity contribution in [2.45, 2.75) is 0 Å². The Bertz CT molecular complexity index is 564. The molecule has 0 aromatic heterocycles. The Hall–Kier alpha value is -0.870. The van der Waals surface area contributed by atoms with Gasteiger partial charge in [-0.15, -0.1) is 0 Å². The zero-order valence-corrected chi connectivity index (χ0v) is 11.6. The number of benzene rings is 2. The van der Waals surface area contributed by atoms with Crippen LogP contribution in [0.2, 0.25) is 0 Å². The Morgan fingerprint density at radius 2 is 1.69 bits per heavy atom. The van der Waals surface area contributed by atoms with E-state index in [1.807, 2.05) is 24.3 Å². The van der Waals surface area contributed by atoms with E-state index in [-0.39, 0.29) is 5.97 Å². The van der Waals surface area contributed by atoms with Crippen molar-refractivity contribution in [1.82, 2.24) is 0 Å². The summed E-state index contributed by atoms with van der Waals surface area (Å²) in [7, 11) is 1.38. The van der Waals surface area contributed by atoms with Crippen molar-refractivity contribution in [3.05, 3.63) is 44.8 Å². The fourth-order valence-electron chi connectivity index (χ4n) is 1.49. The molecular weight excluding hydrogens is 336 g/mol. The van der Waals surface area contributed by atoms with Gasteiger partial charge in [0.1, 0.15) is 0 Å². The number of hydrogen-bond acceptors (Lipinski definition) is 2. The second-order valence-electron chi connectivity index (χ2n) is 3.32. The summed E-state index contributed by atoms with van der Waals surface area (Å²) >= 11 is 6.87. The predicted octanol–water partition coefficient (Wildman–Crippen LogP) is 4.15. The van der Waals surface area contributed by atoms with Gasteiger partial charge in [0.2, 0.25) is 0 Å². The van der Waals surface area contributed by atoms with E-state index in [2.05, 4.69) is 36.6 Å². The van der Waals surface area contributed by atoms with Crippen LogP contribution in [-0.2, 0) is 4.74 Å². The van der Waals surface area contributed by atoms with Crippen LogP contribution < -0.4 is 0 Å². The van der Waals surface area contributed by atoms with Crippen LogP contribution in [0.1, 0.15) is 10.4 Å². The first-order valence-electron chi connectivity index (χ1n) is 4.59. The van der Waals surface area contributed by atoms with Gasteiger partial charge in [-0.3, -0.25) is 0 Å². The number of hydrogen-bond donors (Lipinski definition) is 0. The van der Waals surface area contributed by atoms with Gasteiger partial charge in [-0.05, 0) is 66.9 Å². The fourth-order valence-corrected chi connectivity index (χ4v) is 2.21. The van der Waals surface area contributed by atoms with Gasteiger partial charge in [-0.1, -0.05) is 6.07 Å². The van der Waals surface area contributed by atoms with E-state index in [0.29, 0.717) is 5.56 Å². The zero-order chi connectivity index (χ0) is 11.7. The maximum atomic E-state index is 11.4. The molecule has 2 nitrogen and oxygen atoms in total. The Morgan fingerprint density at radius 3 is 2.31 bits per heavy atom. The quantitative estimate of drug-likeness (QED) is 0.727. The van der Waals surface area contributed by atoms with Gasteiger partial charge in [0.25, 0.3) is 0 Å². The monoisotopic (exact) mass is 342 g/mol. The number of carbonyl (C=O) groups is 1. The molecule has 0 radical (unpaired) electrons. The lowest BCUT2D eigenvalue weighted by Crippen LogP contribution is -2.00. The van der Waals surface area contributed by atoms with Crippen LogP contribution in [0.25, 0.3) is 10.8 Å². The molecule has 2 aromatic rings.